The summed E-state index contributed by atoms with van der Waals surface area (Å²) in [6, 6.07) is 0. The molecule has 1 unspecified atom stereocenters. The molecule has 0 bridgehead atoms. The normalized spacial score (nSPS) is 17.8. The summed E-state index contributed by atoms with van der Waals surface area (Å²) in [5.74, 6) is 6.40. The number of hydrogen-bond donors (Lipinski definition) is 2. The first kappa shape index (κ1) is 43.9. The topological polar surface area (TPSA) is 179 Å². The summed E-state index contributed by atoms with van der Waals surface area (Å²) in [5.41, 5.74) is 0. The molecule has 0 aromatic heterocycles. The standard InChI is InChI=1S/C24H37N3O11S.C6H15N.CH4/c1-18(28)35-13-10-27(11-14-36-19(2)29)24(31)37-16-15-34-12-9-25-39(32,33)26-23(30)38-17-22-20-7-5-3-4-6-8-21(20)22;1-4-7(5-2)6-3;/h20-22,25H,5-17H2,1-2H3,(H,26,30);4-6H2,1-3H3;1H4/t20-,21+,22?;;. The van der Waals surface area contributed by atoms with Crippen LogP contribution in [-0.4, -0.2) is 121 Å². The average molecular weight is 693 g/mol. The van der Waals surface area contributed by atoms with Crippen LogP contribution in [0.5, 0.6) is 0 Å². The molecular weight excluding hydrogens is 636 g/mol. The zero-order chi connectivity index (χ0) is 34.4. The number of ether oxygens (including phenoxy) is 5. The molecule has 15 nitrogen and oxygen atoms in total. The van der Waals surface area contributed by atoms with Gasteiger partial charge in [0.05, 0.1) is 32.9 Å². The smallest absolute Gasteiger partial charge is 0.421 e. The Labute approximate surface area is 280 Å². The molecule has 0 aromatic carbocycles. The van der Waals surface area contributed by atoms with Crippen molar-refractivity contribution < 1.29 is 51.3 Å². The van der Waals surface area contributed by atoms with Gasteiger partial charge in [-0.15, -0.1) is 11.8 Å². The number of nitrogens with one attached hydrogen (secondary N) is 2. The van der Waals surface area contributed by atoms with Crippen LogP contribution in [0.25, 0.3) is 0 Å². The molecule has 16 heteroatoms. The molecule has 1 saturated carbocycles. The van der Waals surface area contributed by atoms with E-state index in [1.54, 1.807) is 4.72 Å². The van der Waals surface area contributed by atoms with Gasteiger partial charge in [-0.05, 0) is 50.2 Å². The van der Waals surface area contributed by atoms with E-state index in [1.165, 1.54) is 38.4 Å². The van der Waals surface area contributed by atoms with E-state index >= 15 is 0 Å². The molecule has 2 rings (SSSR count). The van der Waals surface area contributed by atoms with Gasteiger partial charge in [-0.3, -0.25) is 9.59 Å². The van der Waals surface area contributed by atoms with Gasteiger partial charge in [-0.1, -0.05) is 28.2 Å². The van der Waals surface area contributed by atoms with E-state index in [-0.39, 0.29) is 72.6 Å². The number of carbonyl (C=O) groups excluding carboxylic acids is 4. The summed E-state index contributed by atoms with van der Waals surface area (Å²) in [6.45, 7) is 12.4. The molecule has 0 aromatic rings. The minimum atomic E-state index is -4.13. The second kappa shape index (κ2) is 25.0. The van der Waals surface area contributed by atoms with Crippen LogP contribution < -0.4 is 9.44 Å². The fraction of sp³-hybridized carbons (Fsp3) is 0.806. The lowest BCUT2D eigenvalue weighted by Crippen LogP contribution is -2.42. The summed E-state index contributed by atoms with van der Waals surface area (Å²) < 4.78 is 53.1. The maximum atomic E-state index is 12.2. The first-order chi connectivity index (χ1) is 21.9. The quantitative estimate of drug-likeness (QED) is 0.0876. The highest BCUT2D eigenvalue weighted by Crippen LogP contribution is 2.52. The molecular formula is C31H56N4O11S. The van der Waals surface area contributed by atoms with Crippen LogP contribution in [0.1, 0.15) is 67.7 Å². The SMILES string of the molecule is C.CC(=O)OCCN(CCOC(C)=O)C(=O)OCCOCCNS(=O)(=O)NC(=O)OCC1[C@H]2CCC#CCC[C@@H]12.CCN(CC)CC. The molecule has 2 aliphatic rings. The molecule has 2 N–H and O–H groups in total. The molecule has 2 amide bonds. The third-order valence-corrected chi connectivity index (χ3v) is 8.41. The van der Waals surface area contributed by atoms with E-state index < -0.39 is 34.3 Å². The maximum Gasteiger partial charge on any atom is 0.421 e. The van der Waals surface area contributed by atoms with Crippen LogP contribution in [0.4, 0.5) is 9.59 Å². The Hall–Kier alpha value is -3.13. The first-order valence-electron chi connectivity index (χ1n) is 15.8. The molecule has 272 valence electrons. The lowest BCUT2D eigenvalue weighted by atomic mass is 10.1. The molecule has 0 radical (unpaired) electrons. The summed E-state index contributed by atoms with van der Waals surface area (Å²) in [7, 11) is -4.13. The second-order valence-corrected chi connectivity index (χ2v) is 12.0. The van der Waals surface area contributed by atoms with Crippen molar-refractivity contribution in [3.05, 3.63) is 0 Å². The Morgan fingerprint density at radius 2 is 1.30 bits per heavy atom. The summed E-state index contributed by atoms with van der Waals surface area (Å²) in [4.78, 5) is 49.6. The van der Waals surface area contributed by atoms with E-state index in [2.05, 4.69) is 42.2 Å². The van der Waals surface area contributed by atoms with E-state index in [1.807, 2.05) is 0 Å². The predicted molar refractivity (Wildman–Crippen MR) is 175 cm³/mol. The Kier molecular flexibility index (Phi) is 23.3. The molecule has 0 spiro atoms. The summed E-state index contributed by atoms with van der Waals surface area (Å²) in [5, 5.41) is 0. The molecule has 1 fully saturated rings. The zero-order valence-corrected chi connectivity index (χ0v) is 28.7. The summed E-state index contributed by atoms with van der Waals surface area (Å²) in [6.07, 6.45) is 1.83. The number of esters is 2. The van der Waals surface area contributed by atoms with E-state index in [0.717, 1.165) is 25.7 Å². The van der Waals surface area contributed by atoms with Gasteiger partial charge in [0.25, 0.3) is 0 Å². The van der Waals surface area contributed by atoms with Gasteiger partial charge in [0.15, 0.2) is 0 Å². The Balaban J connectivity index is 0.00000237. The zero-order valence-electron chi connectivity index (χ0n) is 27.8. The summed E-state index contributed by atoms with van der Waals surface area (Å²) >= 11 is 0. The minimum absolute atomic E-state index is 0. The van der Waals surface area contributed by atoms with Gasteiger partial charge in [-0.2, -0.15) is 13.1 Å². The highest BCUT2D eigenvalue weighted by Gasteiger charge is 2.49. The number of amides is 2. The number of carbonyl (C=O) groups is 4. The third kappa shape index (κ3) is 20.7. The minimum Gasteiger partial charge on any atom is -0.464 e. The van der Waals surface area contributed by atoms with Crippen LogP contribution in [-0.2, 0) is 43.5 Å². The Morgan fingerprint density at radius 3 is 1.77 bits per heavy atom. The molecule has 0 heterocycles. The monoisotopic (exact) mass is 692 g/mol. The lowest BCUT2D eigenvalue weighted by Gasteiger charge is -2.21. The van der Waals surface area contributed by atoms with Crippen molar-refractivity contribution in [2.24, 2.45) is 17.8 Å². The van der Waals surface area contributed by atoms with E-state index in [4.69, 9.17) is 23.7 Å². The lowest BCUT2D eigenvalue weighted by molar-refractivity contribution is -0.141. The van der Waals surface area contributed by atoms with Crippen LogP contribution in [0.3, 0.4) is 0 Å². The van der Waals surface area contributed by atoms with Gasteiger partial charge in [0, 0.05) is 33.2 Å². The van der Waals surface area contributed by atoms with Crippen molar-refractivity contribution in [1.82, 2.24) is 19.2 Å². The van der Waals surface area contributed by atoms with Crippen LogP contribution in [0, 0.1) is 29.6 Å². The number of hydrogen-bond acceptors (Lipinski definition) is 12. The van der Waals surface area contributed by atoms with Crippen molar-refractivity contribution in [2.45, 2.75) is 67.7 Å². The Bertz CT molecular complexity index is 1060. The fourth-order valence-electron chi connectivity index (χ4n) is 4.82. The maximum absolute atomic E-state index is 12.2. The van der Waals surface area contributed by atoms with E-state index in [9.17, 15) is 27.6 Å². The number of nitrogens with zero attached hydrogens (tertiary/aromatic N) is 2. The van der Waals surface area contributed by atoms with Gasteiger partial charge >= 0.3 is 34.3 Å². The average Bonchev–Trinajstić information content (AvgIpc) is 3.63. The molecule has 0 saturated heterocycles. The number of fused-ring (bicyclic) bond motifs is 1. The molecule has 47 heavy (non-hydrogen) atoms. The van der Waals surface area contributed by atoms with Crippen molar-refractivity contribution in [3.8, 4) is 11.8 Å². The van der Waals surface area contributed by atoms with Crippen molar-refractivity contribution in [3.63, 3.8) is 0 Å². The molecule has 3 atom stereocenters. The Morgan fingerprint density at radius 1 is 0.766 bits per heavy atom. The largest absolute Gasteiger partial charge is 0.464 e. The van der Waals surface area contributed by atoms with Crippen molar-refractivity contribution >= 4 is 34.3 Å². The highest BCUT2D eigenvalue weighted by molar-refractivity contribution is 7.88. The first-order valence-corrected chi connectivity index (χ1v) is 17.3. The highest BCUT2D eigenvalue weighted by atomic mass is 32.2. The predicted octanol–water partition coefficient (Wildman–Crippen LogP) is 2.55. The van der Waals surface area contributed by atoms with Crippen LogP contribution >= 0.6 is 0 Å². The number of rotatable bonds is 19. The molecule has 2 aliphatic carbocycles. The van der Waals surface area contributed by atoms with Gasteiger partial charge in [-0.25, -0.2) is 14.3 Å². The van der Waals surface area contributed by atoms with Gasteiger partial charge < -0.3 is 33.5 Å². The van der Waals surface area contributed by atoms with Crippen LogP contribution in [0.2, 0.25) is 0 Å². The van der Waals surface area contributed by atoms with E-state index in [0.29, 0.717) is 11.8 Å². The van der Waals surface area contributed by atoms with Crippen molar-refractivity contribution in [2.75, 3.05) is 78.9 Å². The van der Waals surface area contributed by atoms with Gasteiger partial charge in [0.2, 0.25) is 0 Å². The fourth-order valence-corrected chi connectivity index (χ4v) is 5.53. The van der Waals surface area contributed by atoms with Gasteiger partial charge in [0.1, 0.15) is 19.8 Å². The third-order valence-electron chi connectivity index (χ3n) is 7.39. The van der Waals surface area contributed by atoms with Crippen molar-refractivity contribution in [1.29, 1.82) is 0 Å². The molecule has 0 aliphatic heterocycles. The van der Waals surface area contributed by atoms with Crippen LogP contribution in [0.15, 0.2) is 0 Å². The second-order valence-electron chi connectivity index (χ2n) is 10.5.